The van der Waals surface area contributed by atoms with Gasteiger partial charge in [0.25, 0.3) is 0 Å². The highest BCUT2D eigenvalue weighted by Crippen LogP contribution is 2.41. The first-order chi connectivity index (χ1) is 12.2. The molecule has 0 radical (unpaired) electrons. The molecule has 3 aromatic rings. The molecule has 1 aromatic carbocycles. The molecule has 2 aromatic heterocycles. The molecule has 25 heavy (non-hydrogen) atoms. The predicted octanol–water partition coefficient (Wildman–Crippen LogP) is 3.88. The molecule has 1 saturated heterocycles. The Labute approximate surface area is 151 Å². The van der Waals surface area contributed by atoms with E-state index in [-0.39, 0.29) is 11.9 Å². The highest BCUT2D eigenvalue weighted by molar-refractivity contribution is 7.17. The molecular formula is C19H24N4OS. The third-order valence-corrected chi connectivity index (χ3v) is 6.05. The molecule has 0 bridgehead atoms. The summed E-state index contributed by atoms with van der Waals surface area (Å²) in [6, 6.07) is 10.5. The number of hydrogen-bond donors (Lipinski definition) is 1. The molecule has 0 spiro atoms. The molecule has 1 fully saturated rings. The fraction of sp³-hybridized carbons (Fsp3) is 0.474. The largest absolute Gasteiger partial charge is 0.492 e. The van der Waals surface area contributed by atoms with Crippen molar-refractivity contribution in [2.45, 2.75) is 39.2 Å². The van der Waals surface area contributed by atoms with Crippen molar-refractivity contribution in [2.75, 3.05) is 13.1 Å². The Kier molecular flexibility index (Phi) is 4.48. The number of aryl methyl sites for hydroxylation is 1. The van der Waals surface area contributed by atoms with Crippen molar-refractivity contribution in [3.63, 3.8) is 0 Å². The van der Waals surface area contributed by atoms with Gasteiger partial charge in [0.05, 0.1) is 10.9 Å². The fourth-order valence-electron chi connectivity index (χ4n) is 3.74. The predicted molar refractivity (Wildman–Crippen MR) is 100 cm³/mol. The van der Waals surface area contributed by atoms with E-state index in [0.717, 1.165) is 35.2 Å². The number of piperidine rings is 1. The zero-order valence-electron chi connectivity index (χ0n) is 14.7. The molecule has 6 heteroatoms. The Morgan fingerprint density at radius 2 is 2.12 bits per heavy atom. The summed E-state index contributed by atoms with van der Waals surface area (Å²) < 4.78 is 1.60. The maximum absolute atomic E-state index is 10.9. The first-order valence-corrected chi connectivity index (χ1v) is 9.85. The number of benzene rings is 1. The number of fused-ring (bicyclic) bond motifs is 1. The summed E-state index contributed by atoms with van der Waals surface area (Å²) >= 11 is 1.56. The average molecular weight is 356 g/mol. The highest BCUT2D eigenvalue weighted by Gasteiger charge is 2.31. The maximum Gasteiger partial charge on any atom is 0.230 e. The van der Waals surface area contributed by atoms with Crippen molar-refractivity contribution < 1.29 is 5.11 Å². The van der Waals surface area contributed by atoms with Gasteiger partial charge in [-0.1, -0.05) is 55.5 Å². The minimum atomic E-state index is 0.0579. The van der Waals surface area contributed by atoms with Crippen LogP contribution in [-0.4, -0.2) is 37.7 Å². The average Bonchev–Trinajstić information content (AvgIpc) is 3.16. The maximum atomic E-state index is 10.9. The lowest BCUT2D eigenvalue weighted by Gasteiger charge is -2.37. The molecular weight excluding hydrogens is 332 g/mol. The van der Waals surface area contributed by atoms with Crippen molar-refractivity contribution in [3.05, 3.63) is 46.6 Å². The normalized spacial score (nSPS) is 20.2. The molecule has 4 rings (SSSR count). The lowest BCUT2D eigenvalue weighted by molar-refractivity contribution is 0.149. The summed E-state index contributed by atoms with van der Waals surface area (Å²) in [5, 5.41) is 15.3. The summed E-state index contributed by atoms with van der Waals surface area (Å²) in [6.45, 7) is 6.44. The van der Waals surface area contributed by atoms with E-state index in [1.54, 1.807) is 15.9 Å². The first kappa shape index (κ1) is 16.5. The van der Waals surface area contributed by atoms with Crippen LogP contribution in [0, 0.1) is 5.92 Å². The minimum absolute atomic E-state index is 0.0579. The van der Waals surface area contributed by atoms with Crippen LogP contribution in [0.25, 0.3) is 4.96 Å². The Hall–Kier alpha value is -1.92. The van der Waals surface area contributed by atoms with E-state index in [4.69, 9.17) is 0 Å². The molecule has 5 nitrogen and oxygen atoms in total. The topological polar surface area (TPSA) is 53.7 Å². The quantitative estimate of drug-likeness (QED) is 0.771. The van der Waals surface area contributed by atoms with Gasteiger partial charge in [-0.15, -0.1) is 5.10 Å². The summed E-state index contributed by atoms with van der Waals surface area (Å²) in [5.41, 5.74) is 1.21. The monoisotopic (exact) mass is 356 g/mol. The van der Waals surface area contributed by atoms with Crippen LogP contribution in [0.5, 0.6) is 5.88 Å². The number of hydrogen-bond acceptors (Lipinski definition) is 5. The third-order valence-electron chi connectivity index (χ3n) is 4.98. The Morgan fingerprint density at radius 1 is 1.32 bits per heavy atom. The van der Waals surface area contributed by atoms with Crippen LogP contribution in [0.2, 0.25) is 0 Å². The van der Waals surface area contributed by atoms with E-state index in [9.17, 15) is 5.11 Å². The molecule has 132 valence electrons. The Bertz CT molecular complexity index is 857. The summed E-state index contributed by atoms with van der Waals surface area (Å²) in [6.07, 6.45) is 3.25. The van der Waals surface area contributed by atoms with Crippen molar-refractivity contribution in [1.82, 2.24) is 19.5 Å². The van der Waals surface area contributed by atoms with E-state index in [1.165, 1.54) is 18.4 Å². The number of aromatic nitrogens is 3. The van der Waals surface area contributed by atoms with Gasteiger partial charge in [0.2, 0.25) is 10.8 Å². The number of nitrogens with zero attached hydrogens (tertiary/aromatic N) is 4. The zero-order chi connectivity index (χ0) is 17.4. The van der Waals surface area contributed by atoms with Crippen LogP contribution in [-0.2, 0) is 6.42 Å². The van der Waals surface area contributed by atoms with Crippen LogP contribution in [0.4, 0.5) is 0 Å². The van der Waals surface area contributed by atoms with Crippen molar-refractivity contribution in [3.8, 4) is 5.88 Å². The van der Waals surface area contributed by atoms with Gasteiger partial charge in [0.15, 0.2) is 5.82 Å². The van der Waals surface area contributed by atoms with E-state index in [1.807, 2.05) is 13.0 Å². The van der Waals surface area contributed by atoms with Gasteiger partial charge in [0.1, 0.15) is 0 Å². The second kappa shape index (κ2) is 6.77. The number of thiazole rings is 1. The third kappa shape index (κ3) is 3.04. The molecule has 0 aliphatic carbocycles. The Balaban J connectivity index is 1.80. The number of rotatable bonds is 4. The van der Waals surface area contributed by atoms with Gasteiger partial charge < -0.3 is 5.11 Å². The van der Waals surface area contributed by atoms with Crippen molar-refractivity contribution in [2.24, 2.45) is 5.92 Å². The molecule has 2 atom stereocenters. The zero-order valence-corrected chi connectivity index (χ0v) is 15.5. The van der Waals surface area contributed by atoms with Crippen LogP contribution < -0.4 is 0 Å². The smallest absolute Gasteiger partial charge is 0.230 e. The standard InChI is InChI=1S/C19H24N4OS/c1-3-15-20-19-23(21-15)18(24)17(25-19)16(14-9-5-4-6-10-14)22-11-7-8-13(2)12-22/h4-6,9-10,13,16,24H,3,7-8,11-12H2,1-2H3. The van der Waals surface area contributed by atoms with Gasteiger partial charge in [0, 0.05) is 13.0 Å². The van der Waals surface area contributed by atoms with Gasteiger partial charge in [-0.2, -0.15) is 4.52 Å². The molecule has 1 aliphatic rings. The van der Waals surface area contributed by atoms with E-state index in [0.29, 0.717) is 5.92 Å². The number of aromatic hydroxyl groups is 1. The fourth-order valence-corrected chi connectivity index (χ4v) is 4.88. The van der Waals surface area contributed by atoms with Crippen molar-refractivity contribution >= 4 is 16.3 Å². The summed E-state index contributed by atoms with van der Waals surface area (Å²) in [7, 11) is 0. The van der Waals surface area contributed by atoms with Gasteiger partial charge >= 0.3 is 0 Å². The lowest BCUT2D eigenvalue weighted by atomic mass is 9.95. The SMILES string of the molecule is CCc1nc2sc(C(c3ccccc3)N3CCCC(C)C3)c(O)n2n1. The lowest BCUT2D eigenvalue weighted by Crippen LogP contribution is -2.37. The van der Waals surface area contributed by atoms with Crippen LogP contribution in [0.1, 0.15) is 49.0 Å². The minimum Gasteiger partial charge on any atom is -0.492 e. The van der Waals surface area contributed by atoms with Gasteiger partial charge in [-0.3, -0.25) is 4.90 Å². The molecule has 0 saturated carbocycles. The van der Waals surface area contributed by atoms with Gasteiger partial charge in [-0.05, 0) is 30.9 Å². The van der Waals surface area contributed by atoms with E-state index in [2.05, 4.69) is 46.2 Å². The van der Waals surface area contributed by atoms with E-state index < -0.39 is 0 Å². The Morgan fingerprint density at radius 3 is 2.80 bits per heavy atom. The second-order valence-electron chi connectivity index (χ2n) is 6.92. The van der Waals surface area contributed by atoms with Gasteiger partial charge in [-0.25, -0.2) is 4.98 Å². The van der Waals surface area contributed by atoms with E-state index >= 15 is 0 Å². The highest BCUT2D eigenvalue weighted by atomic mass is 32.1. The molecule has 2 unspecified atom stereocenters. The first-order valence-electron chi connectivity index (χ1n) is 9.03. The van der Waals surface area contributed by atoms with Crippen LogP contribution in [0.3, 0.4) is 0 Å². The summed E-state index contributed by atoms with van der Waals surface area (Å²) in [5.74, 6) is 1.69. The van der Waals surface area contributed by atoms with Crippen LogP contribution >= 0.6 is 11.3 Å². The molecule has 1 N–H and O–H groups in total. The molecule has 1 aliphatic heterocycles. The number of likely N-dealkylation sites (tertiary alicyclic amines) is 1. The summed E-state index contributed by atoms with van der Waals surface area (Å²) in [4.78, 5) is 8.75. The van der Waals surface area contributed by atoms with Crippen molar-refractivity contribution in [1.29, 1.82) is 0 Å². The molecule has 0 amide bonds. The second-order valence-corrected chi connectivity index (χ2v) is 7.93. The van der Waals surface area contributed by atoms with Crippen LogP contribution in [0.15, 0.2) is 30.3 Å². The molecule has 3 heterocycles.